The second-order valence-corrected chi connectivity index (χ2v) is 13.8. The maximum absolute atomic E-state index is 5.92. The minimum Gasteiger partial charge on any atom is -0.255 e. The predicted octanol–water partition coefficient (Wildman–Crippen LogP) is 5.35. The van der Waals surface area contributed by atoms with Crippen LogP contribution in [0.2, 0.25) is 0 Å². The molecule has 0 aromatic heterocycles. The molecule has 4 aromatic rings. The van der Waals surface area contributed by atoms with E-state index in [-0.39, 0.29) is 0 Å². The number of hydrogen-bond acceptors (Lipinski definition) is 4. The molecule has 0 aliphatic carbocycles. The minimum absolute atomic E-state index is 0.941. The molecule has 0 N–H and O–H groups in total. The third-order valence-electron chi connectivity index (χ3n) is 5.88. The molecule has 0 unspecified atom stereocenters. The van der Waals surface area contributed by atoms with Crippen LogP contribution < -0.4 is 21.2 Å². The van der Waals surface area contributed by atoms with Crippen LogP contribution in [0.25, 0.3) is 0 Å². The first-order chi connectivity index (χ1) is 15.9. The predicted molar refractivity (Wildman–Crippen MR) is 138 cm³/mol. The van der Waals surface area contributed by atoms with Gasteiger partial charge in [0.05, 0.1) is 14.1 Å². The molecule has 4 nitrogen and oxygen atoms in total. The number of benzene rings is 4. The lowest BCUT2D eigenvalue weighted by atomic mass is 10.4. The van der Waals surface area contributed by atoms with Gasteiger partial charge in [-0.1, -0.05) is 121 Å². The summed E-state index contributed by atoms with van der Waals surface area (Å²) in [4.78, 5) is 0. The Labute approximate surface area is 187 Å². The Morgan fingerprint density at radius 2 is 0.875 bits per heavy atom. The first-order valence-electron chi connectivity index (χ1n) is 10.5. The number of nitrogens with zero attached hydrogens (tertiary/aromatic N) is 4. The van der Waals surface area contributed by atoms with Crippen molar-refractivity contribution >= 4 is 46.2 Å². The van der Waals surface area contributed by atoms with Crippen LogP contribution in [0.1, 0.15) is 0 Å². The van der Waals surface area contributed by atoms with Crippen LogP contribution in [0, 0.1) is 0 Å². The van der Waals surface area contributed by atoms with Crippen LogP contribution in [0.4, 0.5) is 0 Å². The van der Waals surface area contributed by atoms with Crippen molar-refractivity contribution in [1.82, 2.24) is 0 Å². The van der Waals surface area contributed by atoms with Crippen molar-refractivity contribution in [2.24, 2.45) is 20.0 Å². The van der Waals surface area contributed by atoms with Crippen LogP contribution in [-0.2, 0) is 0 Å². The van der Waals surface area contributed by atoms with Crippen LogP contribution in [0.15, 0.2) is 141 Å². The van der Waals surface area contributed by atoms with Crippen molar-refractivity contribution in [2.45, 2.75) is 0 Å². The standard InChI is InChI=1S/C26H20N4P2/c1-5-13-21(14-6-1)31(22-15-7-2-8-16-22)25-26(28-29-27-25)32(30-31,23-17-9-3-10-18-23)24-19-11-4-12-20-24/h1-20H. The topological polar surface area (TPSA) is 49.4 Å². The normalized spacial score (nSPS) is 17.5. The lowest BCUT2D eigenvalue weighted by Gasteiger charge is -2.25. The molecule has 0 saturated carbocycles. The zero-order valence-electron chi connectivity index (χ0n) is 17.2. The quantitative estimate of drug-likeness (QED) is 0.377. The molecule has 154 valence electrons. The maximum atomic E-state index is 5.92. The van der Waals surface area contributed by atoms with Gasteiger partial charge in [-0.05, 0) is 5.22 Å². The fourth-order valence-electron chi connectivity index (χ4n) is 4.47. The Morgan fingerprint density at radius 3 is 1.31 bits per heavy atom. The molecule has 0 bridgehead atoms. The van der Waals surface area contributed by atoms with Crippen molar-refractivity contribution in [3.05, 3.63) is 121 Å². The third kappa shape index (κ3) is 2.70. The molecule has 2 aliphatic heterocycles. The van der Waals surface area contributed by atoms with E-state index in [0.717, 1.165) is 10.9 Å². The summed E-state index contributed by atoms with van der Waals surface area (Å²) in [5.74, 6) is 0. The zero-order valence-corrected chi connectivity index (χ0v) is 19.0. The summed E-state index contributed by atoms with van der Waals surface area (Å²) in [6, 6.07) is 42.3. The maximum Gasteiger partial charge on any atom is 0.143 e. The zero-order chi connectivity index (χ0) is 21.4. The first-order valence-corrected chi connectivity index (χ1v) is 14.0. The van der Waals surface area contributed by atoms with Gasteiger partial charge in [0.25, 0.3) is 0 Å². The molecule has 0 fully saturated rings. The Morgan fingerprint density at radius 1 is 0.469 bits per heavy atom. The van der Waals surface area contributed by atoms with Gasteiger partial charge >= 0.3 is 0 Å². The number of hydrogen-bond donors (Lipinski definition) is 0. The van der Waals surface area contributed by atoms with Crippen molar-refractivity contribution in [3.8, 4) is 0 Å². The molecule has 2 aliphatic rings. The first kappa shape index (κ1) is 19.4. The summed E-state index contributed by atoms with van der Waals surface area (Å²) in [5, 5.41) is 18.3. The Kier molecular flexibility index (Phi) is 4.64. The van der Waals surface area contributed by atoms with Gasteiger partial charge in [0.1, 0.15) is 10.9 Å². The van der Waals surface area contributed by atoms with E-state index in [1.165, 1.54) is 21.2 Å². The molecule has 6 rings (SSSR count). The van der Waals surface area contributed by atoms with Crippen LogP contribution in [0.5, 0.6) is 0 Å². The Bertz CT molecular complexity index is 1370. The van der Waals surface area contributed by atoms with Gasteiger partial charge in [0, 0.05) is 21.2 Å². The fraction of sp³-hybridized carbons (Fsp3) is 0. The average molecular weight is 450 g/mol. The molecule has 32 heavy (non-hydrogen) atoms. The van der Waals surface area contributed by atoms with Crippen LogP contribution >= 0.6 is 14.1 Å². The van der Waals surface area contributed by atoms with Crippen molar-refractivity contribution in [1.29, 1.82) is 0 Å². The highest BCUT2D eigenvalue weighted by molar-refractivity contribution is 8.10. The monoisotopic (exact) mass is 450 g/mol. The second kappa shape index (κ2) is 7.67. The largest absolute Gasteiger partial charge is 0.255 e. The van der Waals surface area contributed by atoms with E-state index in [1.54, 1.807) is 0 Å². The summed E-state index contributed by atoms with van der Waals surface area (Å²) >= 11 is 0. The lowest BCUT2D eigenvalue weighted by molar-refractivity contribution is 1.13. The van der Waals surface area contributed by atoms with Gasteiger partial charge in [-0.15, -0.1) is 10.2 Å². The van der Waals surface area contributed by atoms with E-state index in [2.05, 4.69) is 113 Å². The van der Waals surface area contributed by atoms with Gasteiger partial charge in [0.15, 0.2) is 0 Å². The van der Waals surface area contributed by atoms with Gasteiger partial charge in [-0.3, -0.25) is 4.52 Å². The Hall–Kier alpha value is -3.32. The summed E-state index contributed by atoms with van der Waals surface area (Å²) in [5.41, 5.74) is 1.88. The summed E-state index contributed by atoms with van der Waals surface area (Å²) in [7, 11) is -4.82. The molecule has 0 atom stereocenters. The van der Waals surface area contributed by atoms with Crippen molar-refractivity contribution < 1.29 is 0 Å². The highest BCUT2D eigenvalue weighted by Crippen LogP contribution is 2.69. The lowest BCUT2D eigenvalue weighted by Crippen LogP contribution is -2.24. The summed E-state index contributed by atoms with van der Waals surface area (Å²) in [6.45, 7) is 0. The van der Waals surface area contributed by atoms with E-state index in [9.17, 15) is 0 Å². The Balaban J connectivity index is 1.82. The van der Waals surface area contributed by atoms with Gasteiger partial charge in [0.2, 0.25) is 0 Å². The highest BCUT2D eigenvalue weighted by atomic mass is 31.2. The molecule has 2 heterocycles. The molecular formula is C26H20N4P2. The molecule has 6 heteroatoms. The van der Waals surface area contributed by atoms with Gasteiger partial charge in [-0.25, -0.2) is 0 Å². The van der Waals surface area contributed by atoms with Gasteiger partial charge in [-0.2, -0.15) is 0 Å². The molecular weight excluding hydrogens is 430 g/mol. The second-order valence-electron chi connectivity index (χ2n) is 7.64. The van der Waals surface area contributed by atoms with Crippen LogP contribution in [-0.4, -0.2) is 10.9 Å². The highest BCUT2D eigenvalue weighted by Gasteiger charge is 2.48. The molecule has 0 spiro atoms. The fourth-order valence-corrected chi connectivity index (χ4v) is 14.3. The summed E-state index contributed by atoms with van der Waals surface area (Å²) < 4.78 is 5.92. The van der Waals surface area contributed by atoms with Crippen molar-refractivity contribution in [2.75, 3.05) is 0 Å². The molecule has 0 amide bonds. The SMILES string of the molecule is c1ccc(P2(c3ccccc3)=NP(c3ccccc3)(c3ccccc3)=C3N=NN=C32)cc1. The summed E-state index contributed by atoms with van der Waals surface area (Å²) in [6.07, 6.45) is 0. The van der Waals surface area contributed by atoms with E-state index in [0.29, 0.717) is 0 Å². The van der Waals surface area contributed by atoms with Gasteiger partial charge < -0.3 is 0 Å². The van der Waals surface area contributed by atoms with Crippen molar-refractivity contribution in [3.63, 3.8) is 0 Å². The minimum atomic E-state index is -2.41. The van der Waals surface area contributed by atoms with E-state index in [4.69, 9.17) is 4.52 Å². The van der Waals surface area contributed by atoms with E-state index in [1.807, 2.05) is 24.3 Å². The average Bonchev–Trinajstić information content (AvgIpc) is 3.48. The number of fused-ring (bicyclic) bond motifs is 1. The van der Waals surface area contributed by atoms with Crippen LogP contribution in [0.3, 0.4) is 0 Å². The molecule has 0 radical (unpaired) electrons. The molecule has 4 aromatic carbocycles. The number of rotatable bonds is 4. The smallest absolute Gasteiger partial charge is 0.143 e. The molecule has 0 saturated heterocycles. The van der Waals surface area contributed by atoms with E-state index >= 15 is 0 Å². The third-order valence-corrected chi connectivity index (χ3v) is 14.2. The van der Waals surface area contributed by atoms with E-state index < -0.39 is 14.1 Å².